The molecular weight excluding hydrogens is 570 g/mol. The lowest BCUT2D eigenvalue weighted by molar-refractivity contribution is -0.118. The summed E-state index contributed by atoms with van der Waals surface area (Å²) < 4.78 is 11.9. The van der Waals surface area contributed by atoms with Crippen molar-refractivity contribution in [1.29, 1.82) is 0 Å². The fourth-order valence-electron chi connectivity index (χ4n) is 4.78. The number of rotatable bonds is 8. The molecule has 0 bridgehead atoms. The highest BCUT2D eigenvalue weighted by molar-refractivity contribution is 7.15. The zero-order valence-electron chi connectivity index (χ0n) is 23.2. The Kier molecular flexibility index (Phi) is 7.43. The first-order valence-electron chi connectivity index (χ1n) is 13.5. The summed E-state index contributed by atoms with van der Waals surface area (Å²) in [6.07, 6.45) is 0. The van der Waals surface area contributed by atoms with Gasteiger partial charge in [-0.05, 0) is 68.4 Å². The van der Waals surface area contributed by atoms with Crippen molar-refractivity contribution in [2.24, 2.45) is 0 Å². The predicted octanol–water partition coefficient (Wildman–Crippen LogP) is 3.30. The monoisotopic (exact) mass is 595 g/mol. The molecule has 11 nitrogen and oxygen atoms in total. The third kappa shape index (κ3) is 5.24. The second-order valence-electron chi connectivity index (χ2n) is 9.45. The van der Waals surface area contributed by atoms with Crippen LogP contribution in [0.3, 0.4) is 0 Å². The fraction of sp³-hybridized carbons (Fsp3) is 0.161. The zero-order valence-corrected chi connectivity index (χ0v) is 24.0. The van der Waals surface area contributed by atoms with Crippen LogP contribution in [0.4, 0.5) is 11.4 Å². The Balaban J connectivity index is 1.28. The number of benzene rings is 3. The van der Waals surface area contributed by atoms with E-state index in [0.717, 1.165) is 22.6 Å². The summed E-state index contributed by atoms with van der Waals surface area (Å²) in [6.45, 7) is 4.15. The van der Waals surface area contributed by atoms with E-state index >= 15 is 0 Å². The van der Waals surface area contributed by atoms with Gasteiger partial charge in [-0.1, -0.05) is 29.5 Å². The van der Waals surface area contributed by atoms with Gasteiger partial charge >= 0.3 is 5.97 Å². The molecule has 0 saturated carbocycles. The number of ether oxygens (including phenoxy) is 2. The number of carbonyl (C=O) groups excluding carboxylic acids is 3. The zero-order chi connectivity index (χ0) is 30.1. The number of nitrogens with zero attached hydrogens (tertiary/aromatic N) is 4. The molecule has 0 radical (unpaired) electrons. The minimum Gasteiger partial charge on any atom is -0.494 e. The van der Waals surface area contributed by atoms with Crippen LogP contribution >= 0.6 is 11.3 Å². The summed E-state index contributed by atoms with van der Waals surface area (Å²) in [5, 5.41) is 7.15. The van der Waals surface area contributed by atoms with Crippen LogP contribution in [0.25, 0.3) is 21.9 Å². The van der Waals surface area contributed by atoms with Gasteiger partial charge in [-0.15, -0.1) is 5.10 Å². The van der Waals surface area contributed by atoms with Crippen LogP contribution in [-0.4, -0.2) is 52.1 Å². The summed E-state index contributed by atoms with van der Waals surface area (Å²) in [5.41, 5.74) is 2.35. The van der Waals surface area contributed by atoms with Crippen LogP contribution in [0.2, 0.25) is 0 Å². The first-order valence-corrected chi connectivity index (χ1v) is 14.3. The Morgan fingerprint density at radius 3 is 2.37 bits per heavy atom. The van der Waals surface area contributed by atoms with Crippen LogP contribution in [-0.2, 0) is 14.3 Å². The molecule has 3 aromatic carbocycles. The molecule has 0 spiro atoms. The molecule has 0 fully saturated rings. The van der Waals surface area contributed by atoms with Crippen molar-refractivity contribution in [1.82, 2.24) is 14.6 Å². The summed E-state index contributed by atoms with van der Waals surface area (Å²) in [4.78, 5) is 58.3. The molecule has 6 rings (SSSR count). The van der Waals surface area contributed by atoms with E-state index in [1.165, 1.54) is 9.42 Å². The van der Waals surface area contributed by atoms with Crippen molar-refractivity contribution in [2.45, 2.75) is 13.8 Å². The maximum absolute atomic E-state index is 13.7. The average molecular weight is 596 g/mol. The molecular formula is C31H25N5O6S. The van der Waals surface area contributed by atoms with Gasteiger partial charge in [0.15, 0.2) is 5.82 Å². The maximum atomic E-state index is 13.7. The molecule has 12 heteroatoms. The van der Waals surface area contributed by atoms with Crippen molar-refractivity contribution < 1.29 is 23.9 Å². The molecule has 1 aliphatic rings. The second kappa shape index (κ2) is 11.5. The standard InChI is InChI=1S/C31H25N5O6S/c1-3-41-21-15-11-18(12-16-21)27-33-31-36(34-27)29(39)26(43-31)25-22-7-5-6-8-23(22)35(28(25)38)17-24(37)32-20-13-9-19(10-14-20)30(40)42-4-2/h5-16H,3-4,17H2,1-2H3,(H,32,37)/b26-25-. The predicted molar refractivity (Wildman–Crippen MR) is 161 cm³/mol. The summed E-state index contributed by atoms with van der Waals surface area (Å²) in [7, 11) is 0. The van der Waals surface area contributed by atoms with Gasteiger partial charge in [0.25, 0.3) is 11.5 Å². The Morgan fingerprint density at radius 2 is 1.67 bits per heavy atom. The maximum Gasteiger partial charge on any atom is 0.338 e. The first kappa shape index (κ1) is 27.8. The number of nitrogens with one attached hydrogen (secondary N) is 1. The molecule has 0 aliphatic carbocycles. The molecule has 1 aliphatic heterocycles. The third-order valence-corrected chi connectivity index (χ3v) is 7.74. The second-order valence-corrected chi connectivity index (χ2v) is 10.4. The van der Waals surface area contributed by atoms with Crippen LogP contribution in [0.1, 0.15) is 29.8 Å². The Hall–Kier alpha value is -5.36. The van der Waals surface area contributed by atoms with E-state index < -0.39 is 23.3 Å². The average Bonchev–Trinajstić information content (AvgIpc) is 3.64. The number of esters is 1. The number of anilines is 2. The Labute approximate surface area is 249 Å². The lowest BCUT2D eigenvalue weighted by atomic mass is 10.1. The van der Waals surface area contributed by atoms with Gasteiger partial charge in [0.1, 0.15) is 16.8 Å². The van der Waals surface area contributed by atoms with Crippen LogP contribution in [0, 0.1) is 0 Å². The lowest BCUT2D eigenvalue weighted by Gasteiger charge is -2.16. The highest BCUT2D eigenvalue weighted by Gasteiger charge is 2.35. The molecule has 5 aromatic rings. The molecule has 43 heavy (non-hydrogen) atoms. The smallest absolute Gasteiger partial charge is 0.338 e. The topological polar surface area (TPSA) is 132 Å². The van der Waals surface area contributed by atoms with Crippen LogP contribution in [0.5, 0.6) is 5.75 Å². The highest BCUT2D eigenvalue weighted by atomic mass is 32.1. The minimum atomic E-state index is -0.470. The van der Waals surface area contributed by atoms with Gasteiger partial charge in [0.2, 0.25) is 10.9 Å². The van der Waals surface area contributed by atoms with Crippen molar-refractivity contribution in [3.05, 3.63) is 98.8 Å². The molecule has 2 aromatic heterocycles. The van der Waals surface area contributed by atoms with E-state index in [1.807, 2.05) is 31.2 Å². The third-order valence-electron chi connectivity index (χ3n) is 6.71. The molecule has 3 heterocycles. The van der Waals surface area contributed by atoms with E-state index in [-0.39, 0.29) is 23.3 Å². The van der Waals surface area contributed by atoms with Crippen molar-refractivity contribution in [3.63, 3.8) is 0 Å². The van der Waals surface area contributed by atoms with Crippen LogP contribution < -0.4 is 25.0 Å². The number of amides is 2. The molecule has 216 valence electrons. The van der Waals surface area contributed by atoms with Gasteiger partial charge in [-0.25, -0.2) is 4.79 Å². The molecule has 0 saturated heterocycles. The van der Waals surface area contributed by atoms with Gasteiger partial charge in [-0.2, -0.15) is 9.50 Å². The lowest BCUT2D eigenvalue weighted by Crippen LogP contribution is -2.37. The quantitative estimate of drug-likeness (QED) is 0.270. The highest BCUT2D eigenvalue weighted by Crippen LogP contribution is 2.35. The van der Waals surface area contributed by atoms with E-state index in [4.69, 9.17) is 9.47 Å². The number of aromatic nitrogens is 3. The van der Waals surface area contributed by atoms with E-state index in [9.17, 15) is 19.2 Å². The summed E-state index contributed by atoms with van der Waals surface area (Å²) in [6, 6.07) is 20.5. The normalized spacial score (nSPS) is 13.7. The minimum absolute atomic E-state index is 0.197. The molecule has 0 unspecified atom stereocenters. The SMILES string of the molecule is CCOC(=O)c1ccc(NC(=O)CN2C(=O)/C(=c3\sc4nc(-c5ccc(OCC)cc5)nn4c3=O)c3ccccc32)cc1. The molecule has 2 amide bonds. The molecule has 0 atom stereocenters. The van der Waals surface area contributed by atoms with E-state index in [2.05, 4.69) is 15.4 Å². The van der Waals surface area contributed by atoms with Gasteiger partial charge in [-0.3, -0.25) is 19.3 Å². The largest absolute Gasteiger partial charge is 0.494 e. The number of hydrogen-bond donors (Lipinski definition) is 1. The summed E-state index contributed by atoms with van der Waals surface area (Å²) in [5.74, 6) is -0.265. The Bertz CT molecular complexity index is 1980. The van der Waals surface area contributed by atoms with Crippen LogP contribution in [0.15, 0.2) is 77.6 Å². The van der Waals surface area contributed by atoms with Gasteiger partial charge in [0.05, 0.1) is 30.0 Å². The van der Waals surface area contributed by atoms with E-state index in [1.54, 1.807) is 55.5 Å². The van der Waals surface area contributed by atoms with Crippen molar-refractivity contribution in [3.8, 4) is 17.1 Å². The summed E-state index contributed by atoms with van der Waals surface area (Å²) >= 11 is 1.08. The van der Waals surface area contributed by atoms with Crippen molar-refractivity contribution in [2.75, 3.05) is 30.0 Å². The fourth-order valence-corrected chi connectivity index (χ4v) is 5.78. The number of para-hydroxylation sites is 1. The van der Waals surface area contributed by atoms with E-state index in [0.29, 0.717) is 39.9 Å². The van der Waals surface area contributed by atoms with Gasteiger partial charge < -0.3 is 14.8 Å². The number of hydrogen-bond acceptors (Lipinski definition) is 9. The number of carbonyl (C=O) groups is 3. The molecule has 1 N–H and O–H groups in total. The first-order chi connectivity index (χ1) is 20.9. The number of thiazole rings is 1. The Morgan fingerprint density at radius 1 is 0.930 bits per heavy atom. The number of fused-ring (bicyclic) bond motifs is 2. The van der Waals surface area contributed by atoms with Crippen molar-refractivity contribution >= 4 is 51.0 Å². The van der Waals surface area contributed by atoms with Gasteiger partial charge in [0, 0.05) is 16.8 Å².